The van der Waals surface area contributed by atoms with Gasteiger partial charge in [0.1, 0.15) is 4.88 Å². The number of carbonyl (C=O) groups excluding carboxylic acids is 2. The fraction of sp³-hybridized carbons (Fsp3) is 0.300. The van der Waals surface area contributed by atoms with E-state index >= 15 is 0 Å². The smallest absolute Gasteiger partial charge is 0.350 e. The van der Waals surface area contributed by atoms with Crippen LogP contribution in [0.25, 0.3) is 10.1 Å². The van der Waals surface area contributed by atoms with Gasteiger partial charge in [-0.15, -0.1) is 11.3 Å². The Morgan fingerprint density at radius 2 is 1.93 bits per heavy atom. The first-order valence-corrected chi connectivity index (χ1v) is 10.1. The van der Waals surface area contributed by atoms with Crippen LogP contribution in [0.5, 0.6) is 0 Å². The van der Waals surface area contributed by atoms with Crippen LogP contribution in [-0.2, 0) is 11.3 Å². The first-order chi connectivity index (χ1) is 12.8. The van der Waals surface area contributed by atoms with Crippen molar-refractivity contribution in [3.05, 3.63) is 56.1 Å². The van der Waals surface area contributed by atoms with Gasteiger partial charge in [-0.1, -0.05) is 36.2 Å². The molecule has 0 atom stereocenters. The fourth-order valence-electron chi connectivity index (χ4n) is 3.10. The number of fused-ring (bicyclic) bond motifs is 1. The number of hydrogen-bond acceptors (Lipinski definition) is 4. The van der Waals surface area contributed by atoms with Crippen LogP contribution in [0, 0.1) is 13.8 Å². The topological polar surface area (TPSA) is 48.3 Å². The summed E-state index contributed by atoms with van der Waals surface area (Å²) in [5, 5.41) is 1.63. The summed E-state index contributed by atoms with van der Waals surface area (Å²) in [6.45, 7) is 6.49. The Hall–Kier alpha value is -1.82. The number of hydrogen-bond donors (Lipinski definition) is 0. The molecular weight excluding hydrogens is 405 g/mol. The Morgan fingerprint density at radius 1 is 1.19 bits per heavy atom. The van der Waals surface area contributed by atoms with E-state index < -0.39 is 5.97 Å². The van der Waals surface area contributed by atoms with Gasteiger partial charge in [0.25, 0.3) is 0 Å². The number of thiophene rings is 1. The number of Topliss-reactive ketones (excluding diaryl/α,β-unsaturated/α-hetero) is 1. The molecule has 3 aromatic rings. The molecular formula is C20H19Cl2NO3S. The van der Waals surface area contributed by atoms with E-state index in [1.54, 1.807) is 18.2 Å². The van der Waals surface area contributed by atoms with E-state index in [1.165, 1.54) is 11.3 Å². The van der Waals surface area contributed by atoms with Crippen LogP contribution < -0.4 is 0 Å². The zero-order chi connectivity index (χ0) is 19.7. The number of carbonyl (C=O) groups is 2. The molecule has 0 fully saturated rings. The summed E-state index contributed by atoms with van der Waals surface area (Å²) >= 11 is 13.5. The molecule has 0 aliphatic rings. The van der Waals surface area contributed by atoms with Crippen LogP contribution in [0.2, 0.25) is 10.0 Å². The van der Waals surface area contributed by atoms with Crippen molar-refractivity contribution in [2.24, 2.45) is 0 Å². The van der Waals surface area contributed by atoms with Crippen molar-refractivity contribution in [1.82, 2.24) is 4.57 Å². The number of aryl methyl sites for hydroxylation is 1. The SMILES string of the molecule is CCCn1c(C)cc(C(=O)COC(=O)c2sc3cc(Cl)ccc3c2Cl)c1C. The van der Waals surface area contributed by atoms with Crippen LogP contribution in [-0.4, -0.2) is 22.9 Å². The second-order valence-electron chi connectivity index (χ2n) is 6.32. The van der Waals surface area contributed by atoms with Gasteiger partial charge in [-0.3, -0.25) is 4.79 Å². The zero-order valence-corrected chi connectivity index (χ0v) is 17.6. The van der Waals surface area contributed by atoms with Crippen molar-refractivity contribution in [2.75, 3.05) is 6.61 Å². The minimum absolute atomic E-state index is 0.223. The third kappa shape index (κ3) is 3.91. The molecule has 27 heavy (non-hydrogen) atoms. The van der Waals surface area contributed by atoms with Gasteiger partial charge in [-0.25, -0.2) is 4.79 Å². The molecule has 0 aliphatic heterocycles. The van der Waals surface area contributed by atoms with E-state index in [9.17, 15) is 9.59 Å². The van der Waals surface area contributed by atoms with E-state index in [1.807, 2.05) is 19.9 Å². The van der Waals surface area contributed by atoms with Gasteiger partial charge < -0.3 is 9.30 Å². The Morgan fingerprint density at radius 3 is 2.63 bits per heavy atom. The average Bonchev–Trinajstić information content (AvgIpc) is 3.10. The molecule has 0 saturated carbocycles. The average molecular weight is 424 g/mol. The maximum Gasteiger partial charge on any atom is 0.350 e. The molecule has 1 aromatic carbocycles. The van der Waals surface area contributed by atoms with Crippen molar-refractivity contribution >= 4 is 56.4 Å². The lowest BCUT2D eigenvalue weighted by atomic mass is 10.1. The first-order valence-electron chi connectivity index (χ1n) is 8.58. The van der Waals surface area contributed by atoms with E-state index in [-0.39, 0.29) is 17.3 Å². The Labute approximate surface area is 171 Å². The van der Waals surface area contributed by atoms with Crippen molar-refractivity contribution in [3.63, 3.8) is 0 Å². The second kappa shape index (κ2) is 8.05. The summed E-state index contributed by atoms with van der Waals surface area (Å²) < 4.78 is 8.14. The van der Waals surface area contributed by atoms with Gasteiger partial charge in [0.15, 0.2) is 6.61 Å². The molecule has 7 heteroatoms. The predicted molar refractivity (Wildman–Crippen MR) is 111 cm³/mol. The summed E-state index contributed by atoms with van der Waals surface area (Å²) in [7, 11) is 0. The number of rotatable bonds is 6. The lowest BCUT2D eigenvalue weighted by Gasteiger charge is -2.08. The van der Waals surface area contributed by atoms with Crippen LogP contribution >= 0.6 is 34.5 Å². The van der Waals surface area contributed by atoms with Crippen LogP contribution in [0.15, 0.2) is 24.3 Å². The van der Waals surface area contributed by atoms with Crippen molar-refractivity contribution in [3.8, 4) is 0 Å². The summed E-state index contributed by atoms with van der Waals surface area (Å²) in [6.07, 6.45) is 0.980. The molecule has 4 nitrogen and oxygen atoms in total. The molecule has 0 spiro atoms. The van der Waals surface area contributed by atoms with E-state index in [0.29, 0.717) is 15.6 Å². The Bertz CT molecular complexity index is 1040. The van der Waals surface area contributed by atoms with Crippen LogP contribution in [0.3, 0.4) is 0 Å². The number of ether oxygens (including phenoxy) is 1. The van der Waals surface area contributed by atoms with E-state index in [0.717, 1.165) is 34.4 Å². The normalized spacial score (nSPS) is 11.1. The quantitative estimate of drug-likeness (QED) is 0.356. The maximum atomic E-state index is 12.5. The number of halogens is 2. The molecule has 0 amide bonds. The van der Waals surface area contributed by atoms with Gasteiger partial charge in [0.2, 0.25) is 5.78 Å². The number of esters is 1. The van der Waals surface area contributed by atoms with Crippen molar-refractivity contribution in [1.29, 1.82) is 0 Å². The molecule has 142 valence electrons. The number of aromatic nitrogens is 1. The molecule has 0 unspecified atom stereocenters. The number of ketones is 1. The highest BCUT2D eigenvalue weighted by Crippen LogP contribution is 2.37. The minimum Gasteiger partial charge on any atom is -0.453 e. The largest absolute Gasteiger partial charge is 0.453 e. The van der Waals surface area contributed by atoms with Gasteiger partial charge in [-0.2, -0.15) is 0 Å². The fourth-order valence-corrected chi connectivity index (χ4v) is 4.77. The summed E-state index contributed by atoms with van der Waals surface area (Å²) in [5.74, 6) is -0.827. The molecule has 2 aromatic heterocycles. The van der Waals surface area contributed by atoms with Gasteiger partial charge in [0, 0.05) is 38.6 Å². The summed E-state index contributed by atoms with van der Waals surface area (Å²) in [5.41, 5.74) is 2.50. The molecule has 0 saturated heterocycles. The summed E-state index contributed by atoms with van der Waals surface area (Å²) in [4.78, 5) is 25.2. The molecule has 0 N–H and O–H groups in total. The molecule has 0 radical (unpaired) electrons. The van der Waals surface area contributed by atoms with E-state index in [2.05, 4.69) is 11.5 Å². The molecule has 0 aliphatic carbocycles. The van der Waals surface area contributed by atoms with Crippen molar-refractivity contribution in [2.45, 2.75) is 33.7 Å². The van der Waals surface area contributed by atoms with Gasteiger partial charge in [-0.05, 0) is 38.5 Å². The van der Waals surface area contributed by atoms with E-state index in [4.69, 9.17) is 27.9 Å². The highest BCUT2D eigenvalue weighted by Gasteiger charge is 2.21. The van der Waals surface area contributed by atoms with Gasteiger partial charge in [0.05, 0.1) is 5.02 Å². The number of benzene rings is 1. The second-order valence-corrected chi connectivity index (χ2v) is 8.19. The van der Waals surface area contributed by atoms with Crippen LogP contribution in [0.4, 0.5) is 0 Å². The Balaban J connectivity index is 1.75. The number of nitrogens with zero attached hydrogens (tertiary/aromatic N) is 1. The monoisotopic (exact) mass is 423 g/mol. The summed E-state index contributed by atoms with van der Waals surface area (Å²) in [6, 6.07) is 7.07. The predicted octanol–water partition coefficient (Wildman–Crippen LogP) is 6.08. The maximum absolute atomic E-state index is 12.5. The highest BCUT2D eigenvalue weighted by molar-refractivity contribution is 7.21. The molecule has 3 rings (SSSR count). The third-order valence-electron chi connectivity index (χ3n) is 4.43. The highest BCUT2D eigenvalue weighted by atomic mass is 35.5. The van der Waals surface area contributed by atoms with Crippen molar-refractivity contribution < 1.29 is 14.3 Å². The lowest BCUT2D eigenvalue weighted by molar-refractivity contribution is 0.0479. The molecule has 2 heterocycles. The zero-order valence-electron chi connectivity index (χ0n) is 15.3. The van der Waals surface area contributed by atoms with Crippen LogP contribution in [0.1, 0.15) is 44.8 Å². The molecule has 0 bridgehead atoms. The van der Waals surface area contributed by atoms with Gasteiger partial charge >= 0.3 is 5.97 Å². The standard InChI is InChI=1S/C20H19Cl2NO3S/c1-4-7-23-11(2)8-15(12(23)3)16(24)10-26-20(25)19-18(22)14-6-5-13(21)9-17(14)27-19/h5-6,8-9H,4,7,10H2,1-3H3. The Kier molecular flexibility index (Phi) is 5.94. The third-order valence-corrected chi connectivity index (χ3v) is 6.30. The minimum atomic E-state index is -0.604. The first kappa shape index (κ1) is 19.9. The lowest BCUT2D eigenvalue weighted by Crippen LogP contribution is -2.14.